The van der Waals surface area contributed by atoms with Crippen molar-refractivity contribution < 1.29 is 12.8 Å². The Balaban J connectivity index is 1.79. The molecule has 1 saturated heterocycles. The van der Waals surface area contributed by atoms with Crippen LogP contribution in [0.25, 0.3) is 21.8 Å². The predicted octanol–water partition coefficient (Wildman–Crippen LogP) is 4.46. The van der Waals surface area contributed by atoms with Gasteiger partial charge in [-0.05, 0) is 44.0 Å². The van der Waals surface area contributed by atoms with Crippen LogP contribution in [0.5, 0.6) is 0 Å². The van der Waals surface area contributed by atoms with Gasteiger partial charge in [0.2, 0.25) is 16.0 Å². The van der Waals surface area contributed by atoms with Gasteiger partial charge in [0.05, 0.1) is 21.3 Å². The molecule has 2 atom stereocenters. The number of rotatable bonds is 8. The lowest BCUT2D eigenvalue weighted by molar-refractivity contribution is 0.566. The summed E-state index contributed by atoms with van der Waals surface area (Å²) in [5.74, 6) is 0.392. The molecule has 4 rings (SSSR count). The first kappa shape index (κ1) is 26.6. The molecule has 0 radical (unpaired) electrons. The highest BCUT2D eigenvalue weighted by molar-refractivity contribution is 7.89. The third kappa shape index (κ3) is 5.74. The van der Waals surface area contributed by atoms with Crippen molar-refractivity contribution in [3.8, 4) is 21.8 Å². The number of primary sulfonamides is 1. The van der Waals surface area contributed by atoms with Gasteiger partial charge in [0, 0.05) is 29.3 Å². The second-order valence-electron chi connectivity index (χ2n) is 10.1. The first-order valence-electron chi connectivity index (χ1n) is 12.1. The number of benzene rings is 1. The molecule has 11 heteroatoms. The number of anilines is 1. The van der Waals surface area contributed by atoms with E-state index in [1.807, 2.05) is 20.8 Å². The molecule has 1 aromatic carbocycles. The Morgan fingerprint density at radius 2 is 2.06 bits per heavy atom. The van der Waals surface area contributed by atoms with Gasteiger partial charge in [-0.3, -0.25) is 0 Å². The standard InChI is InChI=1S/C25H33FN6O2S2/c1-5-19(36(27,33)34)16-7-6-8-17(20(16)26)21-22(35-23(32-21)25(2,3)4)18-10-12-29-24(31-18)30-14-15-9-11-28-13-15/h6-8,10,12,15,19,28H,5,9,11,13-14H2,1-4H3,(H2,27,33,34)(H,29,30,31)/t15-,19?/m0/s1. The molecule has 8 nitrogen and oxygen atoms in total. The highest BCUT2D eigenvalue weighted by atomic mass is 32.2. The van der Waals surface area contributed by atoms with E-state index in [4.69, 9.17) is 15.1 Å². The van der Waals surface area contributed by atoms with Gasteiger partial charge >= 0.3 is 0 Å². The third-order valence-corrected chi connectivity index (χ3v) is 9.15. The predicted molar refractivity (Wildman–Crippen MR) is 143 cm³/mol. The molecule has 1 unspecified atom stereocenters. The average molecular weight is 533 g/mol. The number of hydrogen-bond donors (Lipinski definition) is 3. The summed E-state index contributed by atoms with van der Waals surface area (Å²) >= 11 is 1.45. The molecule has 1 aliphatic heterocycles. The Hall–Kier alpha value is -2.47. The summed E-state index contributed by atoms with van der Waals surface area (Å²) in [5.41, 5.74) is 1.05. The minimum absolute atomic E-state index is 0.0453. The fourth-order valence-corrected chi connectivity index (χ4v) is 6.41. The largest absolute Gasteiger partial charge is 0.354 e. The van der Waals surface area contributed by atoms with E-state index in [-0.39, 0.29) is 23.0 Å². The number of sulfonamides is 1. The molecule has 0 aliphatic carbocycles. The normalized spacial score (nSPS) is 17.3. The molecule has 2 aromatic heterocycles. The van der Waals surface area contributed by atoms with E-state index in [0.717, 1.165) is 31.1 Å². The molecule has 3 heterocycles. The highest BCUT2D eigenvalue weighted by Gasteiger charge is 2.29. The van der Waals surface area contributed by atoms with Crippen LogP contribution in [-0.4, -0.2) is 43.0 Å². The lowest BCUT2D eigenvalue weighted by atomic mass is 9.98. The van der Waals surface area contributed by atoms with Gasteiger partial charge in [-0.1, -0.05) is 39.8 Å². The van der Waals surface area contributed by atoms with Gasteiger partial charge in [0.15, 0.2) is 0 Å². The van der Waals surface area contributed by atoms with Crippen molar-refractivity contribution in [2.45, 2.75) is 51.2 Å². The minimum Gasteiger partial charge on any atom is -0.354 e. The van der Waals surface area contributed by atoms with Crippen molar-refractivity contribution in [2.24, 2.45) is 11.1 Å². The fraction of sp³-hybridized carbons (Fsp3) is 0.480. The number of halogens is 1. The lowest BCUT2D eigenvalue weighted by Gasteiger charge is -2.16. The van der Waals surface area contributed by atoms with E-state index in [9.17, 15) is 8.42 Å². The molecule has 194 valence electrons. The molecule has 4 N–H and O–H groups in total. The number of thiazole rings is 1. The number of hydrogen-bond acceptors (Lipinski definition) is 8. The SMILES string of the molecule is CCC(c1cccc(-c2nc(C(C)(C)C)sc2-c2ccnc(NC[C@H]3CCNC3)n2)c1F)S(N)(=O)=O. The Morgan fingerprint density at radius 1 is 1.28 bits per heavy atom. The minimum atomic E-state index is -3.98. The van der Waals surface area contributed by atoms with Gasteiger partial charge < -0.3 is 10.6 Å². The monoisotopic (exact) mass is 532 g/mol. The summed E-state index contributed by atoms with van der Waals surface area (Å²) in [6, 6.07) is 6.52. The molecule has 0 bridgehead atoms. The summed E-state index contributed by atoms with van der Waals surface area (Å²) in [4.78, 5) is 14.6. The summed E-state index contributed by atoms with van der Waals surface area (Å²) in [6.45, 7) is 10.6. The van der Waals surface area contributed by atoms with Crippen LogP contribution in [0.4, 0.5) is 10.3 Å². The quantitative estimate of drug-likeness (QED) is 0.391. The molecule has 3 aromatic rings. The van der Waals surface area contributed by atoms with Crippen molar-refractivity contribution in [1.82, 2.24) is 20.3 Å². The van der Waals surface area contributed by atoms with Gasteiger partial charge in [-0.2, -0.15) is 0 Å². The number of nitrogens with one attached hydrogen (secondary N) is 2. The Bertz CT molecular complexity index is 1330. The van der Waals surface area contributed by atoms with Gasteiger partial charge in [-0.25, -0.2) is 32.9 Å². The highest BCUT2D eigenvalue weighted by Crippen LogP contribution is 2.42. The number of nitrogens with zero attached hydrogens (tertiary/aromatic N) is 3. The molecular weight excluding hydrogens is 499 g/mol. The zero-order valence-corrected chi connectivity index (χ0v) is 22.6. The number of aromatic nitrogens is 3. The van der Waals surface area contributed by atoms with Crippen molar-refractivity contribution in [2.75, 3.05) is 25.0 Å². The van der Waals surface area contributed by atoms with E-state index in [2.05, 4.69) is 15.6 Å². The topological polar surface area (TPSA) is 123 Å². The van der Waals surface area contributed by atoms with E-state index >= 15 is 4.39 Å². The molecule has 0 spiro atoms. The summed E-state index contributed by atoms with van der Waals surface area (Å²) < 4.78 is 40.2. The van der Waals surface area contributed by atoms with Crippen molar-refractivity contribution >= 4 is 27.3 Å². The number of nitrogens with two attached hydrogens (primary N) is 1. The molecule has 0 saturated carbocycles. The first-order chi connectivity index (χ1) is 17.0. The summed E-state index contributed by atoms with van der Waals surface area (Å²) in [7, 11) is -3.98. The molecule has 36 heavy (non-hydrogen) atoms. The fourth-order valence-electron chi connectivity index (χ4n) is 4.30. The maximum absolute atomic E-state index is 15.9. The summed E-state index contributed by atoms with van der Waals surface area (Å²) in [6.07, 6.45) is 2.94. The van der Waals surface area contributed by atoms with Crippen LogP contribution in [-0.2, 0) is 15.4 Å². The van der Waals surface area contributed by atoms with Crippen LogP contribution in [0.1, 0.15) is 56.4 Å². The second-order valence-corrected chi connectivity index (χ2v) is 12.9. The second kappa shape index (κ2) is 10.5. The zero-order chi connectivity index (χ0) is 26.1. The maximum atomic E-state index is 15.9. The van der Waals surface area contributed by atoms with Crippen molar-refractivity contribution in [1.29, 1.82) is 0 Å². The van der Waals surface area contributed by atoms with Crippen LogP contribution in [0.3, 0.4) is 0 Å². The van der Waals surface area contributed by atoms with Gasteiger partial charge in [-0.15, -0.1) is 11.3 Å². The van der Waals surface area contributed by atoms with E-state index < -0.39 is 21.1 Å². The third-order valence-electron chi connectivity index (χ3n) is 6.27. The van der Waals surface area contributed by atoms with E-state index in [1.54, 1.807) is 31.3 Å². The maximum Gasteiger partial charge on any atom is 0.223 e. The first-order valence-corrected chi connectivity index (χ1v) is 14.5. The molecule has 1 aliphatic rings. The summed E-state index contributed by atoms with van der Waals surface area (Å²) in [5, 5.41) is 11.8. The van der Waals surface area contributed by atoms with Crippen LogP contribution < -0.4 is 15.8 Å². The van der Waals surface area contributed by atoms with Crippen LogP contribution in [0, 0.1) is 11.7 Å². The van der Waals surface area contributed by atoms with E-state index in [1.165, 1.54) is 17.4 Å². The Kier molecular flexibility index (Phi) is 7.75. The Labute approximate surface area is 216 Å². The average Bonchev–Trinajstić information content (AvgIpc) is 3.49. The zero-order valence-electron chi connectivity index (χ0n) is 21.0. The lowest BCUT2D eigenvalue weighted by Crippen LogP contribution is -2.22. The molecule has 0 amide bonds. The molecule has 1 fully saturated rings. The van der Waals surface area contributed by atoms with Crippen molar-refractivity contribution in [3.05, 3.63) is 46.9 Å². The van der Waals surface area contributed by atoms with E-state index in [0.29, 0.717) is 28.1 Å². The van der Waals surface area contributed by atoms with Crippen LogP contribution >= 0.6 is 11.3 Å². The molecular formula is C25H33FN6O2S2. The smallest absolute Gasteiger partial charge is 0.223 e. The van der Waals surface area contributed by atoms with Crippen molar-refractivity contribution in [3.63, 3.8) is 0 Å². The van der Waals surface area contributed by atoms with Crippen LogP contribution in [0.15, 0.2) is 30.5 Å². The van der Waals surface area contributed by atoms with Gasteiger partial charge in [0.25, 0.3) is 0 Å². The Morgan fingerprint density at radius 3 is 2.69 bits per heavy atom. The van der Waals surface area contributed by atoms with Gasteiger partial charge in [0.1, 0.15) is 11.1 Å². The van der Waals surface area contributed by atoms with Crippen LogP contribution in [0.2, 0.25) is 0 Å².